The second kappa shape index (κ2) is 4.83. The fraction of sp³-hybridized carbons (Fsp3) is 0.375. The van der Waals surface area contributed by atoms with Crippen LogP contribution in [0.1, 0.15) is 17.7 Å². The topological polar surface area (TPSA) is 42.4 Å². The minimum absolute atomic E-state index is 0.127. The summed E-state index contributed by atoms with van der Waals surface area (Å²) in [6.45, 7) is -0.449. The van der Waals surface area contributed by atoms with Crippen LogP contribution in [0.15, 0.2) is 6.07 Å². The molecule has 0 atom stereocenters. The molecule has 0 saturated heterocycles. The molecule has 6 heteroatoms. The Morgan fingerprint density at radius 3 is 2.71 bits per heavy atom. The lowest BCUT2D eigenvalue weighted by atomic mass is 10.2. The Morgan fingerprint density at radius 2 is 2.29 bits per heavy atom. The molecule has 0 aliphatic rings. The van der Waals surface area contributed by atoms with Crippen LogP contribution in [0.3, 0.4) is 0 Å². The Morgan fingerprint density at radius 1 is 1.64 bits per heavy atom. The van der Waals surface area contributed by atoms with Crippen molar-refractivity contribution in [1.29, 1.82) is 0 Å². The summed E-state index contributed by atoms with van der Waals surface area (Å²) in [5.41, 5.74) is -0.266. The first kappa shape index (κ1) is 11.6. The van der Waals surface area contributed by atoms with E-state index in [-0.39, 0.29) is 11.4 Å². The van der Waals surface area contributed by atoms with E-state index in [2.05, 4.69) is 4.98 Å². The van der Waals surface area contributed by atoms with E-state index in [0.29, 0.717) is 3.57 Å². The van der Waals surface area contributed by atoms with Crippen LogP contribution in [-0.4, -0.2) is 17.2 Å². The largest absolute Gasteiger partial charge is 0.481 e. The normalized spacial score (nSPS) is 10.7. The Balaban J connectivity index is 3.28. The average molecular weight is 315 g/mol. The van der Waals surface area contributed by atoms with Crippen molar-refractivity contribution in [1.82, 2.24) is 4.98 Å². The maximum absolute atomic E-state index is 12.5. The molecule has 1 aromatic heterocycles. The van der Waals surface area contributed by atoms with Gasteiger partial charge in [-0.15, -0.1) is 0 Å². The fourth-order valence-corrected chi connectivity index (χ4v) is 1.69. The minimum Gasteiger partial charge on any atom is -0.481 e. The highest BCUT2D eigenvalue weighted by Crippen LogP contribution is 2.27. The third kappa shape index (κ3) is 2.30. The van der Waals surface area contributed by atoms with Crippen molar-refractivity contribution >= 4 is 22.6 Å². The lowest BCUT2D eigenvalue weighted by molar-refractivity contribution is 0.140. The van der Waals surface area contributed by atoms with Crippen molar-refractivity contribution in [3.63, 3.8) is 0 Å². The summed E-state index contributed by atoms with van der Waals surface area (Å²) in [7, 11) is 1.35. The Hall–Kier alpha value is -0.500. The van der Waals surface area contributed by atoms with E-state index in [4.69, 9.17) is 9.84 Å². The smallest absolute Gasteiger partial charge is 0.280 e. The highest BCUT2D eigenvalue weighted by Gasteiger charge is 2.18. The van der Waals surface area contributed by atoms with Crippen LogP contribution >= 0.6 is 22.6 Å². The van der Waals surface area contributed by atoms with Crippen LogP contribution in [0.4, 0.5) is 8.78 Å². The van der Waals surface area contributed by atoms with Gasteiger partial charge in [0.05, 0.1) is 13.7 Å². The van der Waals surface area contributed by atoms with E-state index in [1.165, 1.54) is 13.2 Å². The Labute approximate surface area is 93.2 Å². The van der Waals surface area contributed by atoms with E-state index >= 15 is 0 Å². The first-order chi connectivity index (χ1) is 6.60. The van der Waals surface area contributed by atoms with E-state index < -0.39 is 18.7 Å². The third-order valence-corrected chi connectivity index (χ3v) is 2.61. The molecule has 0 amide bonds. The zero-order chi connectivity index (χ0) is 10.7. The lowest BCUT2D eigenvalue weighted by Crippen LogP contribution is -2.03. The molecular formula is C8H8F2INO2. The van der Waals surface area contributed by atoms with Gasteiger partial charge in [0.1, 0.15) is 5.69 Å². The maximum atomic E-state index is 12.5. The van der Waals surface area contributed by atoms with Gasteiger partial charge in [-0.2, -0.15) is 0 Å². The third-order valence-electron chi connectivity index (χ3n) is 1.65. The van der Waals surface area contributed by atoms with Gasteiger partial charge >= 0.3 is 0 Å². The van der Waals surface area contributed by atoms with Crippen LogP contribution < -0.4 is 4.74 Å². The zero-order valence-corrected chi connectivity index (χ0v) is 9.46. The number of nitrogens with zero attached hydrogens (tertiary/aromatic N) is 1. The van der Waals surface area contributed by atoms with Crippen molar-refractivity contribution in [3.8, 4) is 5.88 Å². The molecule has 0 spiro atoms. The van der Waals surface area contributed by atoms with Gasteiger partial charge < -0.3 is 9.84 Å². The molecule has 1 rings (SSSR count). The zero-order valence-electron chi connectivity index (χ0n) is 7.30. The number of aliphatic hydroxyl groups excluding tert-OH is 1. The van der Waals surface area contributed by atoms with Crippen LogP contribution in [0.2, 0.25) is 0 Å². The summed E-state index contributed by atoms with van der Waals surface area (Å²) in [6, 6.07) is 1.50. The standard InChI is InChI=1S/C8H8F2INO2/c1-14-6-2-5(11)4(3-13)7(12-6)8(9)10/h2,8,13H,3H2,1H3. The monoisotopic (exact) mass is 315 g/mol. The van der Waals surface area contributed by atoms with Gasteiger partial charge in [-0.25, -0.2) is 13.8 Å². The number of halogens is 3. The van der Waals surface area contributed by atoms with E-state index in [0.717, 1.165) is 0 Å². The van der Waals surface area contributed by atoms with E-state index in [1.807, 2.05) is 22.6 Å². The molecule has 1 N–H and O–H groups in total. The van der Waals surface area contributed by atoms with Crippen molar-refractivity contribution in [2.75, 3.05) is 7.11 Å². The van der Waals surface area contributed by atoms with E-state index in [1.54, 1.807) is 0 Å². The number of aromatic nitrogens is 1. The van der Waals surface area contributed by atoms with Crippen LogP contribution in [0.5, 0.6) is 5.88 Å². The summed E-state index contributed by atoms with van der Waals surface area (Å²) in [5, 5.41) is 8.89. The van der Waals surface area contributed by atoms with Gasteiger partial charge in [0.2, 0.25) is 5.88 Å². The van der Waals surface area contributed by atoms with Crippen molar-refractivity contribution in [3.05, 3.63) is 20.9 Å². The highest BCUT2D eigenvalue weighted by atomic mass is 127. The molecule has 0 saturated carbocycles. The fourth-order valence-electron chi connectivity index (χ4n) is 0.978. The van der Waals surface area contributed by atoms with E-state index in [9.17, 15) is 8.78 Å². The molecule has 0 unspecified atom stereocenters. The van der Waals surface area contributed by atoms with Gasteiger partial charge in [0.25, 0.3) is 6.43 Å². The van der Waals surface area contributed by atoms with Crippen molar-refractivity contribution in [2.24, 2.45) is 0 Å². The Kier molecular flexibility index (Phi) is 3.99. The number of aliphatic hydroxyl groups is 1. The van der Waals surface area contributed by atoms with Crippen LogP contribution in [0, 0.1) is 3.57 Å². The molecular weight excluding hydrogens is 307 g/mol. The number of pyridine rings is 1. The van der Waals surface area contributed by atoms with Crippen molar-refractivity contribution < 1.29 is 18.6 Å². The minimum atomic E-state index is -2.71. The summed E-state index contributed by atoms with van der Waals surface area (Å²) in [4.78, 5) is 3.59. The van der Waals surface area contributed by atoms with Crippen LogP contribution in [-0.2, 0) is 6.61 Å². The molecule has 14 heavy (non-hydrogen) atoms. The van der Waals surface area contributed by atoms with Crippen LogP contribution in [0.25, 0.3) is 0 Å². The number of rotatable bonds is 3. The number of methoxy groups -OCH3 is 1. The highest BCUT2D eigenvalue weighted by molar-refractivity contribution is 14.1. The second-order valence-corrected chi connectivity index (χ2v) is 3.63. The molecule has 1 aromatic rings. The lowest BCUT2D eigenvalue weighted by Gasteiger charge is -2.09. The van der Waals surface area contributed by atoms with Gasteiger partial charge in [-0.05, 0) is 22.6 Å². The summed E-state index contributed by atoms with van der Waals surface area (Å²) >= 11 is 1.85. The molecule has 78 valence electrons. The van der Waals surface area contributed by atoms with Gasteiger partial charge in [-0.3, -0.25) is 0 Å². The molecule has 0 fully saturated rings. The predicted molar refractivity (Wildman–Crippen MR) is 54.4 cm³/mol. The predicted octanol–water partition coefficient (Wildman–Crippen LogP) is 2.12. The number of hydrogen-bond acceptors (Lipinski definition) is 3. The maximum Gasteiger partial charge on any atom is 0.280 e. The SMILES string of the molecule is COc1cc(I)c(CO)c(C(F)F)n1. The molecule has 0 aliphatic carbocycles. The molecule has 0 aliphatic heterocycles. The summed E-state index contributed by atoms with van der Waals surface area (Å²) in [5.74, 6) is 0.127. The first-order valence-electron chi connectivity index (χ1n) is 3.72. The number of ether oxygens (including phenoxy) is 1. The molecule has 0 bridgehead atoms. The number of alkyl halides is 2. The molecule has 3 nitrogen and oxygen atoms in total. The molecule has 1 heterocycles. The van der Waals surface area contributed by atoms with Gasteiger partial charge in [0.15, 0.2) is 0 Å². The first-order valence-corrected chi connectivity index (χ1v) is 4.80. The quantitative estimate of drug-likeness (QED) is 0.869. The average Bonchev–Trinajstić information content (AvgIpc) is 2.16. The number of hydrogen-bond donors (Lipinski definition) is 1. The summed E-state index contributed by atoms with van der Waals surface area (Å²) < 4.78 is 30.2. The second-order valence-electron chi connectivity index (χ2n) is 2.47. The van der Waals surface area contributed by atoms with Gasteiger partial charge in [0, 0.05) is 15.2 Å². The Bertz CT molecular complexity index is 333. The summed E-state index contributed by atoms with van der Waals surface area (Å²) in [6.07, 6.45) is -2.71. The molecule has 0 radical (unpaired) electrons. The molecule has 0 aromatic carbocycles. The van der Waals surface area contributed by atoms with Gasteiger partial charge in [-0.1, -0.05) is 0 Å². The van der Waals surface area contributed by atoms with Crippen molar-refractivity contribution in [2.45, 2.75) is 13.0 Å².